The zero-order valence-corrected chi connectivity index (χ0v) is 10.8. The lowest BCUT2D eigenvalue weighted by atomic mass is 9.92. The molecule has 2 nitrogen and oxygen atoms in total. The minimum absolute atomic E-state index is 0.128. The first-order chi connectivity index (χ1) is 6.99. The fraction of sp³-hybridized carbons (Fsp3) is 0.417. The molecule has 1 N–H and O–H groups in total. The number of phenolic OH excluding ortho intramolecular Hbond substituents is 1. The van der Waals surface area contributed by atoms with Gasteiger partial charge in [-0.3, -0.25) is 0 Å². The first-order valence-electron chi connectivity index (χ1n) is 4.91. The summed E-state index contributed by atoms with van der Waals surface area (Å²) >= 11 is 3.48. The Morgan fingerprint density at radius 1 is 1.53 bits per heavy atom. The van der Waals surface area contributed by atoms with Crippen LogP contribution in [0.2, 0.25) is 0 Å². The number of aldehydes is 1. The summed E-state index contributed by atoms with van der Waals surface area (Å²) in [6.45, 7) is 5.72. The summed E-state index contributed by atoms with van der Waals surface area (Å²) in [6, 6.07) is 1.89. The number of carbonyl (C=O) groups is 1. The summed E-state index contributed by atoms with van der Waals surface area (Å²) in [4.78, 5) is 10.5. The summed E-state index contributed by atoms with van der Waals surface area (Å²) < 4.78 is 0.963. The van der Waals surface area contributed by atoms with Crippen LogP contribution < -0.4 is 0 Å². The van der Waals surface area contributed by atoms with Gasteiger partial charge in [-0.1, -0.05) is 22.9 Å². The van der Waals surface area contributed by atoms with E-state index in [-0.39, 0.29) is 5.92 Å². The summed E-state index contributed by atoms with van der Waals surface area (Å²) in [6.07, 6.45) is 1.38. The maximum atomic E-state index is 10.5. The normalized spacial score (nSPS) is 12.5. The van der Waals surface area contributed by atoms with E-state index in [9.17, 15) is 9.90 Å². The van der Waals surface area contributed by atoms with Gasteiger partial charge in [0.25, 0.3) is 0 Å². The van der Waals surface area contributed by atoms with Crippen LogP contribution in [0.1, 0.15) is 36.0 Å². The second-order valence-electron chi connectivity index (χ2n) is 3.87. The molecule has 0 aliphatic carbocycles. The quantitative estimate of drug-likeness (QED) is 0.855. The minimum atomic E-state index is 0.128. The molecule has 0 spiro atoms. The molecular weight excluding hydrogens is 256 g/mol. The number of halogens is 1. The molecule has 0 amide bonds. The van der Waals surface area contributed by atoms with Gasteiger partial charge in [0.2, 0.25) is 0 Å². The molecule has 1 atom stereocenters. The molecule has 0 saturated heterocycles. The van der Waals surface area contributed by atoms with Crippen LogP contribution in [0, 0.1) is 13.8 Å². The van der Waals surface area contributed by atoms with Gasteiger partial charge in [-0.2, -0.15) is 0 Å². The molecular formula is C12H15BrO2. The van der Waals surface area contributed by atoms with E-state index < -0.39 is 0 Å². The minimum Gasteiger partial charge on any atom is -0.507 e. The SMILES string of the molecule is Cc1cc(Br)c(C(C)CC=O)c(C)c1O. The Labute approximate surface area is 98.4 Å². The standard InChI is InChI=1S/C12H15BrO2/c1-7(4-5-14)11-9(3)12(15)8(2)6-10(11)13/h5-7,15H,4H2,1-3H3. The van der Waals surface area contributed by atoms with Crippen molar-refractivity contribution in [3.63, 3.8) is 0 Å². The van der Waals surface area contributed by atoms with Crippen LogP contribution in [0.15, 0.2) is 10.5 Å². The third-order valence-corrected chi connectivity index (χ3v) is 3.33. The molecule has 82 valence electrons. The Kier molecular flexibility index (Phi) is 3.91. The number of hydrogen-bond donors (Lipinski definition) is 1. The predicted molar refractivity (Wildman–Crippen MR) is 64.4 cm³/mol. The molecule has 0 saturated carbocycles. The van der Waals surface area contributed by atoms with Crippen molar-refractivity contribution in [1.29, 1.82) is 0 Å². The molecule has 15 heavy (non-hydrogen) atoms. The molecule has 0 aliphatic heterocycles. The Morgan fingerprint density at radius 3 is 2.67 bits per heavy atom. The summed E-state index contributed by atoms with van der Waals surface area (Å²) in [5, 5.41) is 9.82. The lowest BCUT2D eigenvalue weighted by Crippen LogP contribution is -2.00. The first kappa shape index (κ1) is 12.2. The predicted octanol–water partition coefficient (Wildman–Crippen LogP) is 3.46. The van der Waals surface area contributed by atoms with Gasteiger partial charge >= 0.3 is 0 Å². The van der Waals surface area contributed by atoms with Crippen molar-refractivity contribution >= 4 is 22.2 Å². The third-order valence-electron chi connectivity index (χ3n) is 2.68. The fourth-order valence-corrected chi connectivity index (χ4v) is 2.84. The molecule has 1 aromatic carbocycles. The number of phenols is 1. The lowest BCUT2D eigenvalue weighted by Gasteiger charge is -2.17. The lowest BCUT2D eigenvalue weighted by molar-refractivity contribution is -0.108. The maximum Gasteiger partial charge on any atom is 0.121 e. The fourth-order valence-electron chi connectivity index (χ4n) is 1.81. The Hall–Kier alpha value is -0.830. The van der Waals surface area contributed by atoms with Crippen molar-refractivity contribution in [2.45, 2.75) is 33.1 Å². The van der Waals surface area contributed by atoms with E-state index in [1.807, 2.05) is 26.8 Å². The number of carbonyl (C=O) groups excluding carboxylic acids is 1. The Bertz CT molecular complexity index is 386. The average molecular weight is 271 g/mol. The molecule has 1 rings (SSSR count). The van der Waals surface area contributed by atoms with E-state index in [4.69, 9.17) is 0 Å². The van der Waals surface area contributed by atoms with Crippen LogP contribution in [-0.4, -0.2) is 11.4 Å². The molecule has 0 fully saturated rings. The van der Waals surface area contributed by atoms with Crippen molar-refractivity contribution in [3.05, 3.63) is 27.2 Å². The van der Waals surface area contributed by atoms with Gasteiger partial charge in [0, 0.05) is 10.9 Å². The van der Waals surface area contributed by atoms with Gasteiger partial charge in [-0.15, -0.1) is 0 Å². The summed E-state index contributed by atoms with van der Waals surface area (Å²) in [5.74, 6) is 0.453. The summed E-state index contributed by atoms with van der Waals surface area (Å²) in [7, 11) is 0. The van der Waals surface area contributed by atoms with Crippen molar-refractivity contribution in [2.75, 3.05) is 0 Å². The number of benzene rings is 1. The van der Waals surface area contributed by atoms with Crippen LogP contribution in [0.4, 0.5) is 0 Å². The van der Waals surface area contributed by atoms with Crippen molar-refractivity contribution < 1.29 is 9.90 Å². The monoisotopic (exact) mass is 270 g/mol. The van der Waals surface area contributed by atoms with Crippen molar-refractivity contribution in [3.8, 4) is 5.75 Å². The second-order valence-corrected chi connectivity index (χ2v) is 4.72. The van der Waals surface area contributed by atoms with Gasteiger partial charge in [0.1, 0.15) is 12.0 Å². The summed E-state index contributed by atoms with van der Waals surface area (Å²) in [5.41, 5.74) is 2.72. The van der Waals surface area contributed by atoms with Crippen LogP contribution in [0.25, 0.3) is 0 Å². The molecule has 0 bridgehead atoms. The number of aryl methyl sites for hydroxylation is 1. The highest BCUT2D eigenvalue weighted by Crippen LogP contribution is 2.36. The van der Waals surface area contributed by atoms with Crippen molar-refractivity contribution in [1.82, 2.24) is 0 Å². The van der Waals surface area contributed by atoms with Crippen LogP contribution in [-0.2, 0) is 4.79 Å². The largest absolute Gasteiger partial charge is 0.507 e. The highest BCUT2D eigenvalue weighted by Gasteiger charge is 2.16. The van der Waals surface area contributed by atoms with Crippen LogP contribution in [0.3, 0.4) is 0 Å². The van der Waals surface area contributed by atoms with E-state index in [2.05, 4.69) is 15.9 Å². The Morgan fingerprint density at radius 2 is 2.13 bits per heavy atom. The average Bonchev–Trinajstić information content (AvgIpc) is 2.15. The van der Waals surface area contributed by atoms with Gasteiger partial charge in [-0.25, -0.2) is 0 Å². The van der Waals surface area contributed by atoms with Gasteiger partial charge in [0.15, 0.2) is 0 Å². The maximum absolute atomic E-state index is 10.5. The Balaban J connectivity index is 3.28. The van der Waals surface area contributed by atoms with E-state index in [1.165, 1.54) is 0 Å². The zero-order chi connectivity index (χ0) is 11.6. The van der Waals surface area contributed by atoms with Crippen LogP contribution in [0.5, 0.6) is 5.75 Å². The molecule has 0 aliphatic rings. The topological polar surface area (TPSA) is 37.3 Å². The van der Waals surface area contributed by atoms with E-state index >= 15 is 0 Å². The first-order valence-corrected chi connectivity index (χ1v) is 5.70. The van der Waals surface area contributed by atoms with E-state index in [0.717, 1.165) is 27.4 Å². The van der Waals surface area contributed by atoms with E-state index in [0.29, 0.717) is 12.2 Å². The molecule has 0 aromatic heterocycles. The zero-order valence-electron chi connectivity index (χ0n) is 9.17. The molecule has 1 aromatic rings. The highest BCUT2D eigenvalue weighted by atomic mass is 79.9. The van der Waals surface area contributed by atoms with Gasteiger partial charge in [0.05, 0.1) is 0 Å². The second kappa shape index (κ2) is 4.79. The van der Waals surface area contributed by atoms with Gasteiger partial charge < -0.3 is 9.90 Å². The highest BCUT2D eigenvalue weighted by molar-refractivity contribution is 9.10. The van der Waals surface area contributed by atoms with Crippen LogP contribution >= 0.6 is 15.9 Å². The molecule has 3 heteroatoms. The number of hydrogen-bond acceptors (Lipinski definition) is 2. The molecule has 1 unspecified atom stereocenters. The van der Waals surface area contributed by atoms with Gasteiger partial charge in [-0.05, 0) is 42.5 Å². The number of rotatable bonds is 3. The molecule has 0 heterocycles. The third kappa shape index (κ3) is 2.40. The molecule has 0 radical (unpaired) electrons. The smallest absolute Gasteiger partial charge is 0.121 e. The van der Waals surface area contributed by atoms with E-state index in [1.54, 1.807) is 0 Å². The number of aromatic hydroxyl groups is 1. The van der Waals surface area contributed by atoms with Crippen molar-refractivity contribution in [2.24, 2.45) is 0 Å².